The zero-order valence-corrected chi connectivity index (χ0v) is 9.90. The van der Waals surface area contributed by atoms with E-state index < -0.39 is 0 Å². The SMILES string of the molecule is CCCC[C@H](C)C(CCC)CNC. The first-order chi connectivity index (χ1) is 6.26. The minimum Gasteiger partial charge on any atom is -0.319 e. The molecule has 0 saturated carbocycles. The van der Waals surface area contributed by atoms with Gasteiger partial charge in [-0.15, -0.1) is 0 Å². The van der Waals surface area contributed by atoms with Crippen molar-refractivity contribution in [3.05, 3.63) is 0 Å². The molecular formula is C12H27N. The van der Waals surface area contributed by atoms with Crippen molar-refractivity contribution >= 4 is 0 Å². The van der Waals surface area contributed by atoms with Crippen LogP contribution in [-0.4, -0.2) is 13.6 Å². The lowest BCUT2D eigenvalue weighted by atomic mass is 9.86. The van der Waals surface area contributed by atoms with Crippen molar-refractivity contribution in [3.63, 3.8) is 0 Å². The van der Waals surface area contributed by atoms with E-state index in [-0.39, 0.29) is 0 Å². The van der Waals surface area contributed by atoms with E-state index in [2.05, 4.69) is 33.1 Å². The van der Waals surface area contributed by atoms with Crippen LogP contribution in [0.2, 0.25) is 0 Å². The maximum Gasteiger partial charge on any atom is -0.00210 e. The number of hydrogen-bond acceptors (Lipinski definition) is 1. The molecule has 0 saturated heterocycles. The lowest BCUT2D eigenvalue weighted by Crippen LogP contribution is -2.24. The van der Waals surface area contributed by atoms with E-state index in [1.807, 2.05) is 0 Å². The Morgan fingerprint density at radius 1 is 1.08 bits per heavy atom. The van der Waals surface area contributed by atoms with Gasteiger partial charge >= 0.3 is 0 Å². The minimum atomic E-state index is 0.890. The molecule has 1 nitrogen and oxygen atoms in total. The number of unbranched alkanes of at least 4 members (excludes halogenated alkanes) is 1. The molecule has 0 radical (unpaired) electrons. The molecule has 0 amide bonds. The van der Waals surface area contributed by atoms with E-state index in [0.29, 0.717) is 0 Å². The topological polar surface area (TPSA) is 12.0 Å². The number of hydrogen-bond donors (Lipinski definition) is 1. The smallest absolute Gasteiger partial charge is 0.00210 e. The highest BCUT2D eigenvalue weighted by Crippen LogP contribution is 2.21. The summed E-state index contributed by atoms with van der Waals surface area (Å²) in [5, 5.41) is 3.31. The van der Waals surface area contributed by atoms with Crippen LogP contribution in [0.3, 0.4) is 0 Å². The van der Waals surface area contributed by atoms with Gasteiger partial charge in [0.2, 0.25) is 0 Å². The summed E-state index contributed by atoms with van der Waals surface area (Å²) in [6, 6.07) is 0. The first kappa shape index (κ1) is 13.0. The molecule has 0 aliphatic heterocycles. The fraction of sp³-hybridized carbons (Fsp3) is 1.00. The molecule has 0 fully saturated rings. The van der Waals surface area contributed by atoms with Crippen LogP contribution in [0.25, 0.3) is 0 Å². The molecule has 0 aliphatic carbocycles. The summed E-state index contributed by atoms with van der Waals surface area (Å²) in [4.78, 5) is 0. The Hall–Kier alpha value is -0.0400. The Morgan fingerprint density at radius 2 is 1.77 bits per heavy atom. The Bertz CT molecular complexity index is 95.3. The summed E-state index contributed by atoms with van der Waals surface area (Å²) in [7, 11) is 2.06. The van der Waals surface area contributed by atoms with E-state index in [4.69, 9.17) is 0 Å². The van der Waals surface area contributed by atoms with Gasteiger partial charge in [-0.1, -0.05) is 46.5 Å². The van der Waals surface area contributed by atoms with Crippen LogP contribution in [0.1, 0.15) is 52.9 Å². The van der Waals surface area contributed by atoms with Crippen LogP contribution < -0.4 is 5.32 Å². The van der Waals surface area contributed by atoms with Gasteiger partial charge in [-0.05, 0) is 31.8 Å². The molecule has 0 bridgehead atoms. The second-order valence-electron chi connectivity index (χ2n) is 4.23. The van der Waals surface area contributed by atoms with Crippen LogP contribution in [0.4, 0.5) is 0 Å². The van der Waals surface area contributed by atoms with Crippen LogP contribution in [0, 0.1) is 11.8 Å². The van der Waals surface area contributed by atoms with E-state index in [1.165, 1.54) is 38.6 Å². The molecule has 13 heavy (non-hydrogen) atoms. The average molecular weight is 185 g/mol. The van der Waals surface area contributed by atoms with Gasteiger partial charge in [0.15, 0.2) is 0 Å². The van der Waals surface area contributed by atoms with Crippen molar-refractivity contribution in [2.75, 3.05) is 13.6 Å². The van der Waals surface area contributed by atoms with Gasteiger partial charge in [0.05, 0.1) is 0 Å². The van der Waals surface area contributed by atoms with Crippen LogP contribution >= 0.6 is 0 Å². The van der Waals surface area contributed by atoms with Gasteiger partial charge in [-0.3, -0.25) is 0 Å². The molecule has 0 heterocycles. The lowest BCUT2D eigenvalue weighted by molar-refractivity contribution is 0.302. The Balaban J connectivity index is 3.72. The molecule has 1 heteroatoms. The van der Waals surface area contributed by atoms with Gasteiger partial charge < -0.3 is 5.32 Å². The summed E-state index contributed by atoms with van der Waals surface area (Å²) in [6.07, 6.45) is 6.84. The lowest BCUT2D eigenvalue weighted by Gasteiger charge is -2.23. The summed E-state index contributed by atoms with van der Waals surface area (Å²) < 4.78 is 0. The minimum absolute atomic E-state index is 0.890. The third kappa shape index (κ3) is 6.09. The molecule has 0 rings (SSSR count). The molecule has 0 aromatic rings. The van der Waals surface area contributed by atoms with Gasteiger partial charge in [-0.2, -0.15) is 0 Å². The first-order valence-corrected chi connectivity index (χ1v) is 5.90. The van der Waals surface area contributed by atoms with Crippen LogP contribution in [0.5, 0.6) is 0 Å². The predicted molar refractivity (Wildman–Crippen MR) is 61.0 cm³/mol. The third-order valence-electron chi connectivity index (χ3n) is 2.94. The van der Waals surface area contributed by atoms with E-state index >= 15 is 0 Å². The van der Waals surface area contributed by atoms with Crippen molar-refractivity contribution in [2.24, 2.45) is 11.8 Å². The highest BCUT2D eigenvalue weighted by molar-refractivity contribution is 4.67. The van der Waals surface area contributed by atoms with Crippen molar-refractivity contribution in [2.45, 2.75) is 52.9 Å². The second kappa shape index (κ2) is 8.55. The molecule has 1 N–H and O–H groups in total. The van der Waals surface area contributed by atoms with E-state index in [0.717, 1.165) is 11.8 Å². The highest BCUT2D eigenvalue weighted by Gasteiger charge is 2.14. The van der Waals surface area contributed by atoms with Gasteiger partial charge in [0.1, 0.15) is 0 Å². The van der Waals surface area contributed by atoms with E-state index in [9.17, 15) is 0 Å². The zero-order valence-electron chi connectivity index (χ0n) is 9.90. The highest BCUT2D eigenvalue weighted by atomic mass is 14.8. The summed E-state index contributed by atoms with van der Waals surface area (Å²) in [5.41, 5.74) is 0. The maximum absolute atomic E-state index is 3.31. The van der Waals surface area contributed by atoms with Crippen molar-refractivity contribution in [1.29, 1.82) is 0 Å². The van der Waals surface area contributed by atoms with Crippen LogP contribution in [0.15, 0.2) is 0 Å². The second-order valence-corrected chi connectivity index (χ2v) is 4.23. The van der Waals surface area contributed by atoms with Gasteiger partial charge in [0.25, 0.3) is 0 Å². The Morgan fingerprint density at radius 3 is 2.23 bits per heavy atom. The molecule has 80 valence electrons. The average Bonchev–Trinajstić information content (AvgIpc) is 2.14. The molecule has 0 aliphatic rings. The molecular weight excluding hydrogens is 158 g/mol. The van der Waals surface area contributed by atoms with Crippen molar-refractivity contribution in [1.82, 2.24) is 5.32 Å². The van der Waals surface area contributed by atoms with Gasteiger partial charge in [-0.25, -0.2) is 0 Å². The first-order valence-electron chi connectivity index (χ1n) is 5.90. The van der Waals surface area contributed by atoms with E-state index in [1.54, 1.807) is 0 Å². The number of rotatable bonds is 8. The zero-order chi connectivity index (χ0) is 10.1. The van der Waals surface area contributed by atoms with Crippen LogP contribution in [-0.2, 0) is 0 Å². The standard InChI is InChI=1S/C12H27N/c1-5-7-9-11(3)12(8-6-2)10-13-4/h11-13H,5-10H2,1-4H3/t11-,12?/m0/s1. The molecule has 0 aromatic heterocycles. The van der Waals surface area contributed by atoms with Crippen molar-refractivity contribution in [3.8, 4) is 0 Å². The fourth-order valence-corrected chi connectivity index (χ4v) is 1.98. The maximum atomic E-state index is 3.31. The monoisotopic (exact) mass is 185 g/mol. The number of nitrogens with one attached hydrogen (secondary N) is 1. The molecule has 1 unspecified atom stereocenters. The van der Waals surface area contributed by atoms with Crippen molar-refractivity contribution < 1.29 is 0 Å². The summed E-state index contributed by atoms with van der Waals surface area (Å²) in [5.74, 6) is 1.79. The summed E-state index contributed by atoms with van der Waals surface area (Å²) >= 11 is 0. The van der Waals surface area contributed by atoms with Gasteiger partial charge in [0, 0.05) is 0 Å². The molecule has 0 aromatic carbocycles. The normalized spacial score (nSPS) is 15.7. The largest absolute Gasteiger partial charge is 0.319 e. The Kier molecular flexibility index (Phi) is 8.53. The fourth-order valence-electron chi connectivity index (χ4n) is 1.98. The predicted octanol–water partition coefficient (Wildman–Crippen LogP) is 3.45. The Labute approximate surface area is 84.3 Å². The quantitative estimate of drug-likeness (QED) is 0.611. The summed E-state index contributed by atoms with van der Waals surface area (Å²) in [6.45, 7) is 8.17. The molecule has 0 spiro atoms. The third-order valence-corrected chi connectivity index (χ3v) is 2.94. The molecule has 2 atom stereocenters.